The Morgan fingerprint density at radius 3 is 3.07 bits per heavy atom. The second kappa shape index (κ2) is 3.86. The summed E-state index contributed by atoms with van der Waals surface area (Å²) in [4.78, 5) is 2.08. The minimum atomic E-state index is -0.297. The molecule has 0 saturated carbocycles. The molecule has 0 atom stereocenters. The molecule has 3 heteroatoms. The number of nitrogens with two attached hydrogens (primary N) is 1. The molecule has 0 spiro atoms. The normalized spacial score (nSPS) is 15.4. The summed E-state index contributed by atoms with van der Waals surface area (Å²) in [6.45, 7) is 1.13. The molecular formula is C11H15FN2. The Morgan fingerprint density at radius 2 is 2.29 bits per heavy atom. The van der Waals surface area contributed by atoms with E-state index in [1.165, 1.54) is 5.56 Å². The van der Waals surface area contributed by atoms with Gasteiger partial charge in [0.05, 0.1) is 0 Å². The molecular weight excluding hydrogens is 179 g/mol. The largest absolute Gasteiger partial charge is 0.398 e. The second-order valence-electron chi connectivity index (χ2n) is 3.62. The van der Waals surface area contributed by atoms with Gasteiger partial charge < -0.3 is 10.6 Å². The van der Waals surface area contributed by atoms with E-state index in [-0.39, 0.29) is 6.67 Å². The van der Waals surface area contributed by atoms with Crippen LogP contribution in [-0.2, 0) is 6.42 Å². The van der Waals surface area contributed by atoms with Gasteiger partial charge in [0.25, 0.3) is 0 Å². The maximum atomic E-state index is 12.3. The molecule has 0 radical (unpaired) electrons. The predicted octanol–water partition coefficient (Wildman–Crippen LogP) is 1.99. The van der Waals surface area contributed by atoms with E-state index < -0.39 is 0 Å². The third-order valence-corrected chi connectivity index (χ3v) is 2.74. The van der Waals surface area contributed by atoms with Crippen molar-refractivity contribution in [3.8, 4) is 0 Å². The zero-order chi connectivity index (χ0) is 9.97. The Hall–Kier alpha value is -1.25. The summed E-state index contributed by atoms with van der Waals surface area (Å²) >= 11 is 0. The Bertz CT molecular complexity index is 325. The first-order chi connectivity index (χ1) is 6.83. The maximum absolute atomic E-state index is 12.3. The average molecular weight is 194 g/mol. The molecule has 2 N–H and O–H groups in total. The van der Waals surface area contributed by atoms with Gasteiger partial charge >= 0.3 is 0 Å². The fourth-order valence-electron chi connectivity index (χ4n) is 2.06. The first kappa shape index (κ1) is 9.31. The quantitative estimate of drug-likeness (QED) is 0.729. The van der Waals surface area contributed by atoms with E-state index in [9.17, 15) is 4.39 Å². The van der Waals surface area contributed by atoms with Crippen molar-refractivity contribution in [1.82, 2.24) is 0 Å². The van der Waals surface area contributed by atoms with E-state index in [4.69, 9.17) is 5.73 Å². The van der Waals surface area contributed by atoms with Crippen molar-refractivity contribution in [2.24, 2.45) is 0 Å². The number of rotatable bonds is 2. The standard InChI is InChI=1S/C11H15FN2/c12-6-8-14-7-2-3-9-10(13)4-1-5-11(9)14/h1,4-5H,2-3,6-8,13H2. The average Bonchev–Trinajstić information content (AvgIpc) is 2.20. The zero-order valence-corrected chi connectivity index (χ0v) is 8.17. The van der Waals surface area contributed by atoms with Gasteiger partial charge in [0, 0.05) is 24.5 Å². The maximum Gasteiger partial charge on any atom is 0.107 e. The molecule has 0 saturated heterocycles. The monoisotopic (exact) mass is 194 g/mol. The van der Waals surface area contributed by atoms with Gasteiger partial charge in [-0.05, 0) is 30.5 Å². The van der Waals surface area contributed by atoms with Crippen molar-refractivity contribution in [2.45, 2.75) is 12.8 Å². The van der Waals surface area contributed by atoms with Gasteiger partial charge in [-0.25, -0.2) is 4.39 Å². The number of alkyl halides is 1. The highest BCUT2D eigenvalue weighted by molar-refractivity contribution is 5.66. The number of fused-ring (bicyclic) bond motifs is 1. The van der Waals surface area contributed by atoms with E-state index in [1.807, 2.05) is 18.2 Å². The number of hydrogen-bond donors (Lipinski definition) is 1. The van der Waals surface area contributed by atoms with Gasteiger partial charge in [0.15, 0.2) is 0 Å². The predicted molar refractivity (Wildman–Crippen MR) is 57.4 cm³/mol. The van der Waals surface area contributed by atoms with Gasteiger partial charge in [0.2, 0.25) is 0 Å². The molecule has 0 fully saturated rings. The fraction of sp³-hybridized carbons (Fsp3) is 0.455. The van der Waals surface area contributed by atoms with Crippen molar-refractivity contribution in [2.75, 3.05) is 30.4 Å². The van der Waals surface area contributed by atoms with E-state index in [1.54, 1.807) is 0 Å². The summed E-state index contributed by atoms with van der Waals surface area (Å²) in [6.07, 6.45) is 2.09. The molecule has 0 unspecified atom stereocenters. The molecule has 0 bridgehead atoms. The highest BCUT2D eigenvalue weighted by Gasteiger charge is 2.17. The minimum Gasteiger partial charge on any atom is -0.398 e. The number of hydrogen-bond acceptors (Lipinski definition) is 2. The number of halogens is 1. The van der Waals surface area contributed by atoms with E-state index in [0.717, 1.165) is 30.8 Å². The molecule has 2 rings (SSSR count). The van der Waals surface area contributed by atoms with Crippen LogP contribution < -0.4 is 10.6 Å². The Kier molecular flexibility index (Phi) is 2.57. The summed E-state index contributed by atoms with van der Waals surface area (Å²) in [5, 5.41) is 0. The third kappa shape index (κ3) is 1.54. The van der Waals surface area contributed by atoms with E-state index in [2.05, 4.69) is 4.90 Å². The summed E-state index contributed by atoms with van der Waals surface area (Å²) in [6, 6.07) is 5.88. The first-order valence-electron chi connectivity index (χ1n) is 5.01. The zero-order valence-electron chi connectivity index (χ0n) is 8.17. The highest BCUT2D eigenvalue weighted by atomic mass is 19.1. The van der Waals surface area contributed by atoms with Crippen molar-refractivity contribution >= 4 is 11.4 Å². The second-order valence-corrected chi connectivity index (χ2v) is 3.62. The molecule has 0 aliphatic carbocycles. The van der Waals surface area contributed by atoms with Crippen LogP contribution in [0.2, 0.25) is 0 Å². The number of nitrogens with zero attached hydrogens (tertiary/aromatic N) is 1. The lowest BCUT2D eigenvalue weighted by Crippen LogP contribution is -2.31. The Morgan fingerprint density at radius 1 is 1.43 bits per heavy atom. The lowest BCUT2D eigenvalue weighted by molar-refractivity contribution is 0.485. The fourth-order valence-corrected chi connectivity index (χ4v) is 2.06. The lowest BCUT2D eigenvalue weighted by atomic mass is 10.00. The number of benzene rings is 1. The van der Waals surface area contributed by atoms with Crippen LogP contribution in [0.5, 0.6) is 0 Å². The molecule has 1 aromatic rings. The van der Waals surface area contributed by atoms with Crippen molar-refractivity contribution < 1.29 is 4.39 Å². The van der Waals surface area contributed by atoms with Crippen LogP contribution >= 0.6 is 0 Å². The molecule has 14 heavy (non-hydrogen) atoms. The molecule has 1 aromatic carbocycles. The highest BCUT2D eigenvalue weighted by Crippen LogP contribution is 2.30. The molecule has 76 valence electrons. The molecule has 1 aliphatic heterocycles. The molecule has 1 heterocycles. The smallest absolute Gasteiger partial charge is 0.107 e. The van der Waals surface area contributed by atoms with Crippen LogP contribution in [0.4, 0.5) is 15.8 Å². The van der Waals surface area contributed by atoms with Gasteiger partial charge in [-0.3, -0.25) is 0 Å². The summed E-state index contributed by atoms with van der Waals surface area (Å²) in [7, 11) is 0. The van der Waals surface area contributed by atoms with Gasteiger partial charge in [-0.2, -0.15) is 0 Å². The van der Waals surface area contributed by atoms with Crippen LogP contribution in [0, 0.1) is 0 Å². The van der Waals surface area contributed by atoms with Gasteiger partial charge in [0.1, 0.15) is 6.67 Å². The first-order valence-corrected chi connectivity index (χ1v) is 5.01. The van der Waals surface area contributed by atoms with Crippen LogP contribution in [0.25, 0.3) is 0 Å². The summed E-state index contributed by atoms with van der Waals surface area (Å²) < 4.78 is 12.3. The lowest BCUT2D eigenvalue weighted by Gasteiger charge is -2.31. The van der Waals surface area contributed by atoms with Crippen LogP contribution in [0.15, 0.2) is 18.2 Å². The number of nitrogen functional groups attached to an aromatic ring is 1. The van der Waals surface area contributed by atoms with Crippen molar-refractivity contribution in [1.29, 1.82) is 0 Å². The van der Waals surface area contributed by atoms with Crippen LogP contribution in [0.1, 0.15) is 12.0 Å². The van der Waals surface area contributed by atoms with Crippen LogP contribution in [-0.4, -0.2) is 19.8 Å². The van der Waals surface area contributed by atoms with Crippen LogP contribution in [0.3, 0.4) is 0 Å². The van der Waals surface area contributed by atoms with Crippen molar-refractivity contribution in [3.63, 3.8) is 0 Å². The van der Waals surface area contributed by atoms with Gasteiger partial charge in [-0.15, -0.1) is 0 Å². The Balaban J connectivity index is 2.34. The molecule has 2 nitrogen and oxygen atoms in total. The van der Waals surface area contributed by atoms with E-state index >= 15 is 0 Å². The topological polar surface area (TPSA) is 29.3 Å². The SMILES string of the molecule is Nc1cccc2c1CCCN2CCF. The summed E-state index contributed by atoms with van der Waals surface area (Å²) in [5.41, 5.74) is 9.02. The number of anilines is 2. The molecule has 1 aliphatic rings. The minimum absolute atomic E-state index is 0.297. The molecule has 0 aromatic heterocycles. The third-order valence-electron chi connectivity index (χ3n) is 2.74. The summed E-state index contributed by atoms with van der Waals surface area (Å²) in [5.74, 6) is 0. The van der Waals surface area contributed by atoms with Crippen molar-refractivity contribution in [3.05, 3.63) is 23.8 Å². The van der Waals surface area contributed by atoms with Gasteiger partial charge in [-0.1, -0.05) is 6.07 Å². The van der Waals surface area contributed by atoms with E-state index in [0.29, 0.717) is 6.54 Å². The molecule has 0 amide bonds. The Labute approximate surface area is 83.5 Å².